The van der Waals surface area contributed by atoms with E-state index in [0.29, 0.717) is 6.54 Å². The van der Waals surface area contributed by atoms with Crippen molar-refractivity contribution >= 4 is 17.3 Å². The van der Waals surface area contributed by atoms with Crippen LogP contribution in [0.2, 0.25) is 0 Å². The zero-order valence-corrected chi connectivity index (χ0v) is 13.0. The molecule has 0 fully saturated rings. The molecule has 1 aliphatic rings. The zero-order valence-electron chi connectivity index (χ0n) is 13.0. The number of anilines is 2. The molecule has 0 aliphatic carbocycles. The summed E-state index contributed by atoms with van der Waals surface area (Å²) < 4.78 is 0. The maximum absolute atomic E-state index is 12.3. The second-order valence-electron chi connectivity index (χ2n) is 5.52. The zero-order chi connectivity index (χ0) is 15.5. The van der Waals surface area contributed by atoms with Crippen molar-refractivity contribution in [3.8, 4) is 0 Å². The maximum Gasteiger partial charge on any atom is 0.253 e. The summed E-state index contributed by atoms with van der Waals surface area (Å²) in [6.45, 7) is 4.75. The summed E-state index contributed by atoms with van der Waals surface area (Å²) in [7, 11) is 0. The minimum Gasteiger partial charge on any atom is -0.357 e. The Hall–Kier alpha value is -2.55. The highest BCUT2D eigenvalue weighted by Gasteiger charge is 2.24. The summed E-state index contributed by atoms with van der Waals surface area (Å²) in [6.07, 6.45) is 2.66. The highest BCUT2D eigenvalue weighted by molar-refractivity contribution is 6.06. The van der Waals surface area contributed by atoms with Gasteiger partial charge in [0.05, 0.1) is 6.54 Å². The Bertz CT molecular complexity index is 734. The van der Waals surface area contributed by atoms with Crippen molar-refractivity contribution in [1.82, 2.24) is 0 Å². The molecule has 0 unspecified atom stereocenters. The van der Waals surface area contributed by atoms with Gasteiger partial charge in [0.2, 0.25) is 0 Å². The molecule has 2 aromatic rings. The normalized spacial score (nSPS) is 14.2. The predicted molar refractivity (Wildman–Crippen MR) is 91.1 cm³/mol. The number of aryl methyl sites for hydroxylation is 2. The lowest BCUT2D eigenvalue weighted by Crippen LogP contribution is -2.26. The molecule has 0 radical (unpaired) electrons. The van der Waals surface area contributed by atoms with E-state index in [4.69, 9.17) is 0 Å². The van der Waals surface area contributed by atoms with E-state index in [-0.39, 0.29) is 5.91 Å². The van der Waals surface area contributed by atoms with Crippen LogP contribution in [0.25, 0.3) is 0 Å². The average molecular weight is 292 g/mol. The van der Waals surface area contributed by atoms with Gasteiger partial charge in [-0.25, -0.2) is 0 Å². The van der Waals surface area contributed by atoms with Gasteiger partial charge in [0, 0.05) is 23.1 Å². The second-order valence-corrected chi connectivity index (χ2v) is 5.52. The molecule has 0 spiro atoms. The fourth-order valence-electron chi connectivity index (χ4n) is 2.79. The van der Waals surface area contributed by atoms with Gasteiger partial charge in [0.1, 0.15) is 0 Å². The molecule has 0 saturated carbocycles. The van der Waals surface area contributed by atoms with Crippen LogP contribution in [0.4, 0.5) is 11.4 Å². The van der Waals surface area contributed by atoms with Crippen LogP contribution in [0.15, 0.2) is 60.3 Å². The summed E-state index contributed by atoms with van der Waals surface area (Å²) >= 11 is 0. The maximum atomic E-state index is 12.3. The minimum atomic E-state index is 0.0331. The van der Waals surface area contributed by atoms with Crippen molar-refractivity contribution in [3.05, 3.63) is 71.4 Å². The lowest BCUT2D eigenvalue weighted by molar-refractivity contribution is -0.113. The lowest BCUT2D eigenvalue weighted by atomic mass is 10.1. The van der Waals surface area contributed by atoms with Gasteiger partial charge in [0.25, 0.3) is 5.91 Å². The predicted octanol–water partition coefficient (Wildman–Crippen LogP) is 3.90. The van der Waals surface area contributed by atoms with Crippen LogP contribution in [-0.2, 0) is 11.2 Å². The Morgan fingerprint density at radius 1 is 1.09 bits per heavy atom. The van der Waals surface area contributed by atoms with Gasteiger partial charge in [-0.05, 0) is 36.6 Å². The molecule has 2 aromatic carbocycles. The van der Waals surface area contributed by atoms with E-state index in [0.717, 1.165) is 29.1 Å². The van der Waals surface area contributed by atoms with Crippen molar-refractivity contribution in [1.29, 1.82) is 0 Å². The molecule has 112 valence electrons. The standard InChI is InChI=1S/C19H20N2O/c1-3-15-9-5-6-10-17(15)20-16-12-19(22)21(13-16)18-11-7-4-8-14(18)2/h4-12,20H,3,13H2,1-2H3. The van der Waals surface area contributed by atoms with Gasteiger partial charge in [0.15, 0.2) is 0 Å². The van der Waals surface area contributed by atoms with Crippen molar-refractivity contribution in [2.75, 3.05) is 16.8 Å². The largest absolute Gasteiger partial charge is 0.357 e. The summed E-state index contributed by atoms with van der Waals surface area (Å²) in [4.78, 5) is 14.1. The lowest BCUT2D eigenvalue weighted by Gasteiger charge is -2.19. The third kappa shape index (κ3) is 2.75. The van der Waals surface area contributed by atoms with Crippen LogP contribution in [0.1, 0.15) is 18.1 Å². The highest BCUT2D eigenvalue weighted by atomic mass is 16.2. The Morgan fingerprint density at radius 3 is 2.59 bits per heavy atom. The number of carbonyl (C=O) groups excluding carboxylic acids is 1. The molecule has 1 aliphatic heterocycles. The molecule has 3 heteroatoms. The topological polar surface area (TPSA) is 32.3 Å². The van der Waals surface area contributed by atoms with Gasteiger partial charge < -0.3 is 10.2 Å². The fraction of sp³-hybridized carbons (Fsp3) is 0.211. The molecule has 1 N–H and O–H groups in total. The number of benzene rings is 2. The number of amides is 1. The van der Waals surface area contributed by atoms with Crippen LogP contribution in [0.5, 0.6) is 0 Å². The molecule has 0 bridgehead atoms. The Balaban J connectivity index is 1.80. The Kier molecular flexibility index (Phi) is 3.96. The molecular formula is C19H20N2O. The van der Waals surface area contributed by atoms with E-state index in [9.17, 15) is 4.79 Å². The molecule has 1 amide bonds. The number of hydrogen-bond acceptors (Lipinski definition) is 2. The van der Waals surface area contributed by atoms with Crippen LogP contribution < -0.4 is 10.2 Å². The van der Waals surface area contributed by atoms with E-state index in [1.807, 2.05) is 48.2 Å². The smallest absolute Gasteiger partial charge is 0.253 e. The molecule has 0 atom stereocenters. The van der Waals surface area contributed by atoms with Gasteiger partial charge in [-0.2, -0.15) is 0 Å². The third-order valence-electron chi connectivity index (χ3n) is 3.99. The number of para-hydroxylation sites is 2. The van der Waals surface area contributed by atoms with Crippen LogP contribution in [-0.4, -0.2) is 12.5 Å². The van der Waals surface area contributed by atoms with Crippen molar-refractivity contribution in [3.63, 3.8) is 0 Å². The molecular weight excluding hydrogens is 272 g/mol. The van der Waals surface area contributed by atoms with E-state index >= 15 is 0 Å². The highest BCUT2D eigenvalue weighted by Crippen LogP contribution is 2.26. The molecule has 3 nitrogen and oxygen atoms in total. The monoisotopic (exact) mass is 292 g/mol. The van der Waals surface area contributed by atoms with Gasteiger partial charge in [-0.1, -0.05) is 43.3 Å². The third-order valence-corrected chi connectivity index (χ3v) is 3.99. The van der Waals surface area contributed by atoms with Crippen LogP contribution in [0, 0.1) is 6.92 Å². The van der Waals surface area contributed by atoms with Gasteiger partial charge in [-0.15, -0.1) is 0 Å². The van der Waals surface area contributed by atoms with E-state index < -0.39 is 0 Å². The summed E-state index contributed by atoms with van der Waals surface area (Å²) in [5.74, 6) is 0.0331. The first kappa shape index (κ1) is 14.4. The SMILES string of the molecule is CCc1ccccc1NC1=CC(=O)N(c2ccccc2C)C1. The number of carbonyl (C=O) groups is 1. The number of nitrogens with zero attached hydrogens (tertiary/aromatic N) is 1. The van der Waals surface area contributed by atoms with Crippen molar-refractivity contribution < 1.29 is 4.79 Å². The average Bonchev–Trinajstić information content (AvgIpc) is 2.89. The van der Waals surface area contributed by atoms with E-state index in [1.165, 1.54) is 5.56 Å². The molecule has 0 aromatic heterocycles. The van der Waals surface area contributed by atoms with Crippen LogP contribution in [0.3, 0.4) is 0 Å². The Labute approximate surface area is 131 Å². The molecule has 22 heavy (non-hydrogen) atoms. The second kappa shape index (κ2) is 6.06. The minimum absolute atomic E-state index is 0.0331. The van der Waals surface area contributed by atoms with Crippen molar-refractivity contribution in [2.45, 2.75) is 20.3 Å². The first-order chi connectivity index (χ1) is 10.7. The first-order valence-electron chi connectivity index (χ1n) is 7.61. The molecule has 0 saturated heterocycles. The van der Waals surface area contributed by atoms with Crippen LogP contribution >= 0.6 is 0 Å². The van der Waals surface area contributed by atoms with E-state index in [1.54, 1.807) is 6.08 Å². The first-order valence-corrected chi connectivity index (χ1v) is 7.61. The number of nitrogens with one attached hydrogen (secondary N) is 1. The summed E-state index contributed by atoms with van der Waals surface area (Å²) in [6, 6.07) is 16.2. The Morgan fingerprint density at radius 2 is 1.82 bits per heavy atom. The summed E-state index contributed by atoms with van der Waals surface area (Å²) in [5.41, 5.74) is 5.36. The molecule has 3 rings (SSSR count). The van der Waals surface area contributed by atoms with E-state index in [2.05, 4.69) is 24.4 Å². The number of rotatable bonds is 4. The van der Waals surface area contributed by atoms with Crippen molar-refractivity contribution in [2.24, 2.45) is 0 Å². The molecule has 1 heterocycles. The van der Waals surface area contributed by atoms with Gasteiger partial charge >= 0.3 is 0 Å². The quantitative estimate of drug-likeness (QED) is 0.927. The number of hydrogen-bond donors (Lipinski definition) is 1. The summed E-state index contributed by atoms with van der Waals surface area (Å²) in [5, 5.41) is 3.41. The van der Waals surface area contributed by atoms with Gasteiger partial charge in [-0.3, -0.25) is 4.79 Å². The fourth-order valence-corrected chi connectivity index (χ4v) is 2.79.